The molecule has 0 saturated heterocycles. The summed E-state index contributed by atoms with van der Waals surface area (Å²) in [5, 5.41) is 3.15. The number of pyridine rings is 1. The van der Waals surface area contributed by atoms with Gasteiger partial charge in [0, 0.05) is 24.6 Å². The van der Waals surface area contributed by atoms with Gasteiger partial charge in [0.1, 0.15) is 0 Å². The van der Waals surface area contributed by atoms with E-state index in [0.717, 1.165) is 17.3 Å². The molecule has 17 heavy (non-hydrogen) atoms. The molecule has 0 aliphatic carbocycles. The van der Waals surface area contributed by atoms with E-state index in [4.69, 9.17) is 0 Å². The molecule has 1 aromatic carbocycles. The Bertz CT molecular complexity index is 527. The molecule has 0 atom stereocenters. The summed E-state index contributed by atoms with van der Waals surface area (Å²) in [7, 11) is 0. The summed E-state index contributed by atoms with van der Waals surface area (Å²) in [4.78, 5) is 3.98. The van der Waals surface area contributed by atoms with Crippen molar-refractivity contribution >= 4 is 5.69 Å². The van der Waals surface area contributed by atoms with Gasteiger partial charge in [-0.25, -0.2) is 8.78 Å². The highest BCUT2D eigenvalue weighted by Gasteiger charge is 2.03. The Hall–Kier alpha value is -1.97. The number of anilines is 1. The zero-order chi connectivity index (χ0) is 12.3. The molecule has 0 unspecified atom stereocenters. The molecule has 1 aromatic heterocycles. The van der Waals surface area contributed by atoms with Crippen molar-refractivity contribution in [1.82, 2.24) is 4.98 Å². The second kappa shape index (κ2) is 4.91. The predicted molar refractivity (Wildman–Crippen MR) is 62.7 cm³/mol. The maximum Gasteiger partial charge on any atom is 0.159 e. The normalized spacial score (nSPS) is 10.3. The molecule has 4 heteroatoms. The van der Waals surface area contributed by atoms with Gasteiger partial charge in [-0.15, -0.1) is 0 Å². The van der Waals surface area contributed by atoms with E-state index in [1.807, 2.05) is 13.0 Å². The predicted octanol–water partition coefficient (Wildman–Crippen LogP) is 3.28. The summed E-state index contributed by atoms with van der Waals surface area (Å²) in [6.45, 7) is 2.38. The molecule has 0 aliphatic heterocycles. The number of aromatic nitrogens is 1. The average molecular weight is 234 g/mol. The van der Waals surface area contributed by atoms with Crippen molar-refractivity contribution in [3.8, 4) is 0 Å². The fourth-order valence-corrected chi connectivity index (χ4v) is 1.52. The van der Waals surface area contributed by atoms with E-state index < -0.39 is 11.6 Å². The molecule has 2 rings (SSSR count). The number of nitrogens with one attached hydrogen (secondary N) is 1. The summed E-state index contributed by atoms with van der Waals surface area (Å²) in [6.07, 6.45) is 3.42. The topological polar surface area (TPSA) is 24.9 Å². The van der Waals surface area contributed by atoms with Crippen LogP contribution >= 0.6 is 0 Å². The van der Waals surface area contributed by atoms with Crippen LogP contribution in [0.1, 0.15) is 11.1 Å². The van der Waals surface area contributed by atoms with Gasteiger partial charge in [0.15, 0.2) is 11.6 Å². The minimum absolute atomic E-state index is 0.446. The first kappa shape index (κ1) is 11.5. The van der Waals surface area contributed by atoms with Gasteiger partial charge in [0.25, 0.3) is 0 Å². The van der Waals surface area contributed by atoms with Crippen molar-refractivity contribution in [2.45, 2.75) is 13.5 Å². The summed E-state index contributed by atoms with van der Waals surface area (Å²) in [5.41, 5.74) is 2.64. The molecule has 0 amide bonds. The smallest absolute Gasteiger partial charge is 0.159 e. The SMILES string of the molecule is Cc1cnccc1NCc1ccc(F)c(F)c1. The van der Waals surface area contributed by atoms with E-state index in [1.54, 1.807) is 18.5 Å². The lowest BCUT2D eigenvalue weighted by molar-refractivity contribution is 0.507. The van der Waals surface area contributed by atoms with Gasteiger partial charge in [-0.2, -0.15) is 0 Å². The largest absolute Gasteiger partial charge is 0.381 e. The highest BCUT2D eigenvalue weighted by molar-refractivity contribution is 5.48. The number of nitrogens with zero attached hydrogens (tertiary/aromatic N) is 1. The van der Waals surface area contributed by atoms with Gasteiger partial charge in [0.05, 0.1) is 0 Å². The van der Waals surface area contributed by atoms with Crippen LogP contribution in [0.15, 0.2) is 36.7 Å². The Morgan fingerprint density at radius 3 is 2.71 bits per heavy atom. The summed E-state index contributed by atoms with van der Waals surface area (Å²) in [5.74, 6) is -1.65. The van der Waals surface area contributed by atoms with Gasteiger partial charge in [0.2, 0.25) is 0 Å². The lowest BCUT2D eigenvalue weighted by atomic mass is 10.2. The third-order valence-corrected chi connectivity index (χ3v) is 2.49. The van der Waals surface area contributed by atoms with Crippen molar-refractivity contribution in [2.75, 3.05) is 5.32 Å². The summed E-state index contributed by atoms with van der Waals surface area (Å²) in [6, 6.07) is 5.72. The van der Waals surface area contributed by atoms with E-state index in [9.17, 15) is 8.78 Å². The second-order valence-electron chi connectivity index (χ2n) is 3.79. The number of hydrogen-bond acceptors (Lipinski definition) is 2. The Labute approximate surface area is 98.3 Å². The van der Waals surface area contributed by atoms with Crippen molar-refractivity contribution in [2.24, 2.45) is 0 Å². The molecule has 0 fully saturated rings. The van der Waals surface area contributed by atoms with E-state index in [-0.39, 0.29) is 0 Å². The monoisotopic (exact) mass is 234 g/mol. The highest BCUT2D eigenvalue weighted by atomic mass is 19.2. The van der Waals surface area contributed by atoms with Crippen LogP contribution in [0.5, 0.6) is 0 Å². The maximum absolute atomic E-state index is 13.0. The van der Waals surface area contributed by atoms with Crippen molar-refractivity contribution in [3.05, 3.63) is 59.4 Å². The maximum atomic E-state index is 13.0. The van der Waals surface area contributed by atoms with E-state index in [1.165, 1.54) is 6.07 Å². The zero-order valence-corrected chi connectivity index (χ0v) is 9.37. The Kier molecular flexibility index (Phi) is 3.32. The molecular weight excluding hydrogens is 222 g/mol. The second-order valence-corrected chi connectivity index (χ2v) is 3.79. The molecule has 2 aromatic rings. The minimum Gasteiger partial charge on any atom is -0.381 e. The first-order chi connectivity index (χ1) is 8.16. The van der Waals surface area contributed by atoms with Gasteiger partial charge in [-0.3, -0.25) is 4.98 Å². The first-order valence-electron chi connectivity index (χ1n) is 5.25. The average Bonchev–Trinajstić information content (AvgIpc) is 2.32. The van der Waals surface area contributed by atoms with Crippen LogP contribution in [0.4, 0.5) is 14.5 Å². The van der Waals surface area contributed by atoms with E-state index in [0.29, 0.717) is 12.1 Å². The van der Waals surface area contributed by atoms with Crippen LogP contribution in [0.3, 0.4) is 0 Å². The molecule has 0 spiro atoms. The molecule has 0 saturated carbocycles. The minimum atomic E-state index is -0.825. The van der Waals surface area contributed by atoms with Crippen LogP contribution in [0.25, 0.3) is 0 Å². The van der Waals surface area contributed by atoms with Crippen molar-refractivity contribution in [1.29, 1.82) is 0 Å². The van der Waals surface area contributed by atoms with Crippen LogP contribution in [0.2, 0.25) is 0 Å². The van der Waals surface area contributed by atoms with Crippen molar-refractivity contribution < 1.29 is 8.78 Å². The summed E-state index contributed by atoms with van der Waals surface area (Å²) < 4.78 is 25.7. The molecule has 2 nitrogen and oxygen atoms in total. The number of hydrogen-bond donors (Lipinski definition) is 1. The van der Waals surface area contributed by atoms with Gasteiger partial charge in [-0.05, 0) is 36.2 Å². The molecular formula is C13H12F2N2. The molecule has 88 valence electrons. The highest BCUT2D eigenvalue weighted by Crippen LogP contribution is 2.14. The zero-order valence-electron chi connectivity index (χ0n) is 9.37. The van der Waals surface area contributed by atoms with Crippen LogP contribution < -0.4 is 5.32 Å². The Morgan fingerprint density at radius 2 is 2.00 bits per heavy atom. The third-order valence-electron chi connectivity index (χ3n) is 2.49. The lowest BCUT2D eigenvalue weighted by Crippen LogP contribution is -2.02. The fourth-order valence-electron chi connectivity index (χ4n) is 1.52. The van der Waals surface area contributed by atoms with Crippen LogP contribution in [-0.2, 0) is 6.54 Å². The fraction of sp³-hybridized carbons (Fsp3) is 0.154. The molecule has 0 radical (unpaired) electrons. The first-order valence-corrected chi connectivity index (χ1v) is 5.25. The molecule has 1 heterocycles. The molecule has 1 N–H and O–H groups in total. The lowest BCUT2D eigenvalue weighted by Gasteiger charge is -2.09. The van der Waals surface area contributed by atoms with E-state index in [2.05, 4.69) is 10.3 Å². The number of rotatable bonds is 3. The Morgan fingerprint density at radius 1 is 1.18 bits per heavy atom. The Balaban J connectivity index is 2.08. The standard InChI is InChI=1S/C13H12F2N2/c1-9-7-16-5-4-13(9)17-8-10-2-3-11(14)12(15)6-10/h2-7H,8H2,1H3,(H,16,17). The number of aryl methyl sites for hydroxylation is 1. The van der Waals surface area contributed by atoms with E-state index >= 15 is 0 Å². The van der Waals surface area contributed by atoms with Gasteiger partial charge < -0.3 is 5.32 Å². The van der Waals surface area contributed by atoms with Crippen molar-refractivity contribution in [3.63, 3.8) is 0 Å². The third kappa shape index (κ3) is 2.78. The molecule has 0 bridgehead atoms. The van der Waals surface area contributed by atoms with Gasteiger partial charge >= 0.3 is 0 Å². The van der Waals surface area contributed by atoms with Crippen LogP contribution in [-0.4, -0.2) is 4.98 Å². The number of halogens is 2. The number of benzene rings is 1. The van der Waals surface area contributed by atoms with Crippen LogP contribution in [0, 0.1) is 18.6 Å². The quantitative estimate of drug-likeness (QED) is 0.881. The molecule has 0 aliphatic rings. The summed E-state index contributed by atoms with van der Waals surface area (Å²) >= 11 is 0. The van der Waals surface area contributed by atoms with Gasteiger partial charge in [-0.1, -0.05) is 6.07 Å².